The fraction of sp³-hybridized carbons (Fsp3) is 0.400. The lowest BCUT2D eigenvalue weighted by Gasteiger charge is -2.11. The number of hydrogen-bond donors (Lipinski definition) is 3. The number of nitrogens with one attached hydrogen (secondary N) is 2. The van der Waals surface area contributed by atoms with Crippen molar-refractivity contribution in [2.24, 2.45) is 0 Å². The number of hydrogen-bond acceptors (Lipinski definition) is 6. The Morgan fingerprint density at radius 3 is 2.44 bits per heavy atom. The highest BCUT2D eigenvalue weighted by Gasteiger charge is 2.16. The molecule has 10 heteroatoms. The Balaban J connectivity index is 2.90. The van der Waals surface area contributed by atoms with Crippen LogP contribution in [0.4, 0.5) is 10.5 Å². The molecule has 0 atom stereocenters. The number of aliphatic carboxylic acids is 1. The van der Waals surface area contributed by atoms with Crippen molar-refractivity contribution in [3.8, 4) is 0 Å². The van der Waals surface area contributed by atoms with Crippen molar-refractivity contribution in [3.63, 3.8) is 0 Å². The van der Waals surface area contributed by atoms with Gasteiger partial charge in [0.2, 0.25) is 0 Å². The molecular weight excluding hydrogens is 352 g/mol. The first-order valence-electron chi connectivity index (χ1n) is 7.42. The predicted octanol–water partition coefficient (Wildman–Crippen LogP) is 1.25. The zero-order chi connectivity index (χ0) is 19.0. The highest BCUT2D eigenvalue weighted by Crippen LogP contribution is 2.20. The molecule has 0 radical (unpaired) electrons. The summed E-state index contributed by atoms with van der Waals surface area (Å²) in [4.78, 5) is 33.9. The molecule has 138 valence electrons. The third-order valence-corrected chi connectivity index (χ3v) is 4.05. The number of carboxylic acids is 1. The van der Waals surface area contributed by atoms with E-state index in [1.165, 1.54) is 18.2 Å². The van der Waals surface area contributed by atoms with Crippen LogP contribution in [0.15, 0.2) is 23.1 Å². The molecule has 0 fully saturated rings. The van der Waals surface area contributed by atoms with E-state index in [1.807, 2.05) is 0 Å². The number of carbonyl (C=O) groups is 3. The first-order valence-corrected chi connectivity index (χ1v) is 9.31. The summed E-state index contributed by atoms with van der Waals surface area (Å²) in [6.45, 7) is 1.87. The summed E-state index contributed by atoms with van der Waals surface area (Å²) in [6, 6.07) is 3.03. The van der Waals surface area contributed by atoms with Crippen molar-refractivity contribution in [1.82, 2.24) is 5.32 Å². The Hall–Kier alpha value is -2.62. The molecule has 0 aliphatic rings. The zero-order valence-corrected chi connectivity index (χ0v) is 14.7. The maximum absolute atomic E-state index is 11.8. The van der Waals surface area contributed by atoms with Crippen molar-refractivity contribution >= 4 is 33.5 Å². The van der Waals surface area contributed by atoms with Crippen molar-refractivity contribution in [2.75, 3.05) is 24.7 Å². The van der Waals surface area contributed by atoms with Crippen LogP contribution >= 0.6 is 0 Å². The molecule has 3 N–H and O–H groups in total. The number of carboxylic acid groups (broad SMARTS) is 1. The van der Waals surface area contributed by atoms with Crippen LogP contribution in [0.3, 0.4) is 0 Å². The molecule has 0 saturated carbocycles. The fourth-order valence-corrected chi connectivity index (χ4v) is 2.52. The molecule has 1 aromatic carbocycles. The van der Waals surface area contributed by atoms with E-state index >= 15 is 0 Å². The average Bonchev–Trinajstić information content (AvgIpc) is 2.50. The first-order chi connectivity index (χ1) is 11.6. The summed E-state index contributed by atoms with van der Waals surface area (Å²) in [6.07, 6.45) is 1.14. The number of sulfone groups is 1. The quantitative estimate of drug-likeness (QED) is 0.461. The van der Waals surface area contributed by atoms with Crippen LogP contribution in [-0.2, 0) is 19.4 Å². The van der Waals surface area contributed by atoms with Crippen molar-refractivity contribution < 1.29 is 32.6 Å². The third-order valence-electron chi connectivity index (χ3n) is 2.96. The Kier molecular flexibility index (Phi) is 7.37. The number of carbonyl (C=O) groups excluding carboxylic acids is 2. The number of benzene rings is 1. The van der Waals surface area contributed by atoms with Gasteiger partial charge in [-0.2, -0.15) is 0 Å². The lowest BCUT2D eigenvalue weighted by atomic mass is 10.2. The molecule has 0 unspecified atom stereocenters. The van der Waals surface area contributed by atoms with Gasteiger partial charge in [-0.05, 0) is 31.5 Å². The molecule has 0 bridgehead atoms. The number of amides is 2. The second kappa shape index (κ2) is 9.02. The van der Waals surface area contributed by atoms with Gasteiger partial charge >= 0.3 is 18.0 Å². The number of anilines is 1. The minimum Gasteiger partial charge on any atom is -0.481 e. The molecular formula is C15H20N2O7S. The number of ether oxygens (including phenoxy) is 1. The molecule has 0 saturated heterocycles. The molecule has 2 amide bonds. The van der Waals surface area contributed by atoms with Crippen molar-refractivity contribution in [1.29, 1.82) is 0 Å². The van der Waals surface area contributed by atoms with Gasteiger partial charge in [0.25, 0.3) is 0 Å². The van der Waals surface area contributed by atoms with E-state index in [4.69, 9.17) is 9.84 Å². The van der Waals surface area contributed by atoms with E-state index in [1.54, 1.807) is 6.92 Å². The van der Waals surface area contributed by atoms with Gasteiger partial charge in [0.05, 0.1) is 17.1 Å². The van der Waals surface area contributed by atoms with Crippen LogP contribution in [0.2, 0.25) is 0 Å². The zero-order valence-electron chi connectivity index (χ0n) is 13.9. The van der Waals surface area contributed by atoms with E-state index in [2.05, 4.69) is 10.6 Å². The lowest BCUT2D eigenvalue weighted by molar-refractivity contribution is -0.137. The molecule has 1 aromatic rings. The fourth-order valence-electron chi connectivity index (χ4n) is 1.83. The monoisotopic (exact) mass is 372 g/mol. The molecule has 0 aromatic heterocycles. The van der Waals surface area contributed by atoms with Gasteiger partial charge in [-0.25, -0.2) is 18.0 Å². The van der Waals surface area contributed by atoms with Gasteiger partial charge in [-0.1, -0.05) is 0 Å². The second-order valence-corrected chi connectivity index (χ2v) is 7.13. The number of urea groups is 1. The SMILES string of the molecule is CCOC(=O)c1cc(NC(=O)NCCCC(=O)O)cc(S(C)(=O)=O)c1. The van der Waals surface area contributed by atoms with Gasteiger partial charge in [-0.3, -0.25) is 4.79 Å². The number of rotatable bonds is 8. The number of esters is 1. The standard InChI is InChI=1S/C15H20N2O7S/c1-3-24-14(20)10-7-11(9-12(8-10)25(2,22)23)17-15(21)16-6-4-5-13(18)19/h7-9H,3-6H2,1-2H3,(H,18,19)(H2,16,17,21). The van der Waals surface area contributed by atoms with Crippen molar-refractivity contribution in [3.05, 3.63) is 23.8 Å². The summed E-state index contributed by atoms with van der Waals surface area (Å²) in [5.41, 5.74) is 0.0904. The van der Waals surface area contributed by atoms with Crippen LogP contribution < -0.4 is 10.6 Å². The second-order valence-electron chi connectivity index (χ2n) is 5.12. The normalized spacial score (nSPS) is 10.8. The predicted molar refractivity (Wildman–Crippen MR) is 89.4 cm³/mol. The van der Waals surface area contributed by atoms with Gasteiger partial charge in [0.15, 0.2) is 9.84 Å². The van der Waals surface area contributed by atoms with Crippen molar-refractivity contribution in [2.45, 2.75) is 24.7 Å². The summed E-state index contributed by atoms with van der Waals surface area (Å²) in [5, 5.41) is 13.4. The van der Waals surface area contributed by atoms with E-state index in [0.29, 0.717) is 0 Å². The summed E-state index contributed by atoms with van der Waals surface area (Å²) in [7, 11) is -3.61. The van der Waals surface area contributed by atoms with E-state index in [0.717, 1.165) is 6.26 Å². The minimum atomic E-state index is -3.61. The Morgan fingerprint density at radius 1 is 1.20 bits per heavy atom. The van der Waals surface area contributed by atoms with Crippen LogP contribution in [0.1, 0.15) is 30.1 Å². The Labute approximate surface area is 145 Å². The first kappa shape index (κ1) is 20.4. The molecule has 0 heterocycles. The summed E-state index contributed by atoms with van der Waals surface area (Å²) >= 11 is 0. The molecule has 9 nitrogen and oxygen atoms in total. The Bertz CT molecular complexity index is 759. The minimum absolute atomic E-state index is 0.00838. The smallest absolute Gasteiger partial charge is 0.338 e. The topological polar surface area (TPSA) is 139 Å². The van der Waals surface area contributed by atoms with Crippen LogP contribution in [0.5, 0.6) is 0 Å². The molecule has 0 aliphatic carbocycles. The van der Waals surface area contributed by atoms with Crippen LogP contribution in [0.25, 0.3) is 0 Å². The third kappa shape index (κ3) is 7.21. The van der Waals surface area contributed by atoms with Gasteiger partial charge in [0, 0.05) is 24.9 Å². The molecule has 0 aliphatic heterocycles. The van der Waals surface area contributed by atoms with Gasteiger partial charge < -0.3 is 20.5 Å². The highest BCUT2D eigenvalue weighted by molar-refractivity contribution is 7.90. The van der Waals surface area contributed by atoms with E-state index in [9.17, 15) is 22.8 Å². The van der Waals surface area contributed by atoms with E-state index < -0.39 is 27.8 Å². The maximum Gasteiger partial charge on any atom is 0.338 e. The van der Waals surface area contributed by atoms with Crippen LogP contribution in [-0.4, -0.2) is 50.9 Å². The highest BCUT2D eigenvalue weighted by atomic mass is 32.2. The molecule has 25 heavy (non-hydrogen) atoms. The Morgan fingerprint density at radius 2 is 1.88 bits per heavy atom. The van der Waals surface area contributed by atoms with Crippen LogP contribution in [0, 0.1) is 0 Å². The average molecular weight is 372 g/mol. The summed E-state index contributed by atoms with van der Waals surface area (Å²) in [5.74, 6) is -1.68. The van der Waals surface area contributed by atoms with Gasteiger partial charge in [0.1, 0.15) is 0 Å². The van der Waals surface area contributed by atoms with E-state index in [-0.39, 0.29) is 42.1 Å². The largest absolute Gasteiger partial charge is 0.481 e. The van der Waals surface area contributed by atoms with Gasteiger partial charge in [-0.15, -0.1) is 0 Å². The molecule has 1 rings (SSSR count). The molecule has 0 spiro atoms. The summed E-state index contributed by atoms with van der Waals surface area (Å²) < 4.78 is 28.3. The lowest BCUT2D eigenvalue weighted by Crippen LogP contribution is -2.30. The maximum atomic E-state index is 11.8.